The number of nitrogen functional groups attached to an aromatic ring is 1. The summed E-state index contributed by atoms with van der Waals surface area (Å²) in [6.45, 7) is 8.12. The van der Waals surface area contributed by atoms with Crippen molar-refractivity contribution in [2.45, 2.75) is 39.0 Å². The Kier molecular flexibility index (Phi) is 4.76. The van der Waals surface area contributed by atoms with Gasteiger partial charge in [0.2, 0.25) is 10.0 Å². The predicted octanol–water partition coefficient (Wildman–Crippen LogP) is 2.21. The van der Waals surface area contributed by atoms with Crippen LogP contribution in [-0.4, -0.2) is 15.0 Å². The maximum Gasteiger partial charge on any atom is 0.241 e. The smallest absolute Gasteiger partial charge is 0.241 e. The van der Waals surface area contributed by atoms with Gasteiger partial charge in [-0.15, -0.1) is 0 Å². The molecule has 1 aromatic carbocycles. The maximum absolute atomic E-state index is 12.2. The fourth-order valence-electron chi connectivity index (χ4n) is 1.96. The van der Waals surface area contributed by atoms with Crippen LogP contribution in [0.2, 0.25) is 0 Å². The lowest BCUT2D eigenvalue weighted by Crippen LogP contribution is -2.27. The molecule has 5 heteroatoms. The van der Waals surface area contributed by atoms with Crippen LogP contribution in [0.4, 0.5) is 5.69 Å². The van der Waals surface area contributed by atoms with Crippen molar-refractivity contribution in [2.75, 3.05) is 12.3 Å². The number of anilines is 1. The van der Waals surface area contributed by atoms with Gasteiger partial charge in [0.25, 0.3) is 0 Å². The van der Waals surface area contributed by atoms with E-state index in [2.05, 4.69) is 18.6 Å². The highest BCUT2D eigenvalue weighted by Crippen LogP contribution is 2.22. The Labute approximate surface area is 110 Å². The summed E-state index contributed by atoms with van der Waals surface area (Å²) in [5, 5.41) is 0. The summed E-state index contributed by atoms with van der Waals surface area (Å²) in [5.41, 5.74) is 7.65. The Morgan fingerprint density at radius 3 is 2.17 bits per heavy atom. The molecule has 0 saturated carbocycles. The quantitative estimate of drug-likeness (QED) is 0.806. The van der Waals surface area contributed by atoms with Crippen LogP contribution in [0.1, 0.15) is 31.4 Å². The van der Waals surface area contributed by atoms with Crippen LogP contribution >= 0.6 is 0 Å². The van der Waals surface area contributed by atoms with Crippen LogP contribution in [0.3, 0.4) is 0 Å². The van der Waals surface area contributed by atoms with Gasteiger partial charge in [-0.25, -0.2) is 13.1 Å². The summed E-state index contributed by atoms with van der Waals surface area (Å²) in [7, 11) is -3.44. The SMILES string of the molecule is Cc1cc(N)cc(C)c1S(=O)(=O)NCCC(C)C. The number of aryl methyl sites for hydroxylation is 2. The minimum Gasteiger partial charge on any atom is -0.399 e. The van der Waals surface area contributed by atoms with E-state index in [4.69, 9.17) is 5.73 Å². The van der Waals surface area contributed by atoms with Crippen LogP contribution < -0.4 is 10.5 Å². The van der Waals surface area contributed by atoms with Gasteiger partial charge in [0, 0.05) is 12.2 Å². The van der Waals surface area contributed by atoms with Crippen LogP contribution in [0, 0.1) is 19.8 Å². The normalized spacial score (nSPS) is 12.1. The first-order valence-corrected chi connectivity index (χ1v) is 7.58. The third kappa shape index (κ3) is 3.71. The lowest BCUT2D eigenvalue weighted by Gasteiger charge is -2.13. The van der Waals surface area contributed by atoms with Gasteiger partial charge in [-0.2, -0.15) is 0 Å². The zero-order valence-electron chi connectivity index (χ0n) is 11.4. The van der Waals surface area contributed by atoms with Gasteiger partial charge in [-0.05, 0) is 49.4 Å². The summed E-state index contributed by atoms with van der Waals surface area (Å²) in [5.74, 6) is 0.473. The molecule has 0 spiro atoms. The van der Waals surface area contributed by atoms with Crippen molar-refractivity contribution in [2.24, 2.45) is 5.92 Å². The van der Waals surface area contributed by atoms with Gasteiger partial charge in [-0.3, -0.25) is 0 Å². The monoisotopic (exact) mass is 270 g/mol. The van der Waals surface area contributed by atoms with E-state index >= 15 is 0 Å². The first kappa shape index (κ1) is 15.0. The zero-order valence-corrected chi connectivity index (χ0v) is 12.3. The highest BCUT2D eigenvalue weighted by atomic mass is 32.2. The third-order valence-electron chi connectivity index (χ3n) is 2.77. The number of rotatable bonds is 5. The first-order valence-electron chi connectivity index (χ1n) is 6.10. The first-order chi connectivity index (χ1) is 8.24. The van der Waals surface area contributed by atoms with Crippen molar-refractivity contribution in [1.29, 1.82) is 0 Å². The van der Waals surface area contributed by atoms with Gasteiger partial charge in [-0.1, -0.05) is 13.8 Å². The van der Waals surface area contributed by atoms with E-state index in [0.29, 0.717) is 34.2 Å². The van der Waals surface area contributed by atoms with E-state index < -0.39 is 10.0 Å². The number of benzene rings is 1. The lowest BCUT2D eigenvalue weighted by atomic mass is 10.1. The molecule has 0 aliphatic carbocycles. The zero-order chi connectivity index (χ0) is 13.9. The van der Waals surface area contributed by atoms with Gasteiger partial charge in [0.1, 0.15) is 0 Å². The molecule has 0 aliphatic heterocycles. The fraction of sp³-hybridized carbons (Fsp3) is 0.538. The van der Waals surface area contributed by atoms with E-state index in [9.17, 15) is 8.42 Å². The van der Waals surface area contributed by atoms with Crippen LogP contribution in [0.15, 0.2) is 17.0 Å². The van der Waals surface area contributed by atoms with Gasteiger partial charge in [0.15, 0.2) is 0 Å². The molecular formula is C13H22N2O2S. The van der Waals surface area contributed by atoms with Crippen LogP contribution in [0.5, 0.6) is 0 Å². The maximum atomic E-state index is 12.2. The number of sulfonamides is 1. The molecule has 1 rings (SSSR count). The minimum atomic E-state index is -3.44. The largest absolute Gasteiger partial charge is 0.399 e. The molecule has 0 aromatic heterocycles. The summed E-state index contributed by atoms with van der Waals surface area (Å²) in [6.07, 6.45) is 0.826. The Bertz CT molecular complexity index is 499. The molecule has 0 fully saturated rings. The average molecular weight is 270 g/mol. The lowest BCUT2D eigenvalue weighted by molar-refractivity contribution is 0.551. The minimum absolute atomic E-state index is 0.348. The van der Waals surface area contributed by atoms with Crippen molar-refractivity contribution in [3.8, 4) is 0 Å². The molecule has 0 amide bonds. The van der Waals surface area contributed by atoms with E-state index in [-0.39, 0.29) is 0 Å². The fourth-order valence-corrected chi connectivity index (χ4v) is 3.46. The van der Waals surface area contributed by atoms with Crippen molar-refractivity contribution < 1.29 is 8.42 Å². The molecular weight excluding hydrogens is 248 g/mol. The second-order valence-corrected chi connectivity index (χ2v) is 6.77. The van der Waals surface area contributed by atoms with Crippen molar-refractivity contribution in [3.05, 3.63) is 23.3 Å². The molecule has 0 radical (unpaired) electrons. The topological polar surface area (TPSA) is 72.2 Å². The highest BCUT2D eigenvalue weighted by molar-refractivity contribution is 7.89. The Morgan fingerprint density at radius 2 is 1.72 bits per heavy atom. The molecule has 0 bridgehead atoms. The number of hydrogen-bond donors (Lipinski definition) is 2. The summed E-state index contributed by atoms with van der Waals surface area (Å²) in [6, 6.07) is 3.37. The van der Waals surface area contributed by atoms with E-state index in [1.54, 1.807) is 26.0 Å². The number of nitrogens with one attached hydrogen (secondary N) is 1. The molecule has 18 heavy (non-hydrogen) atoms. The average Bonchev–Trinajstić information content (AvgIpc) is 2.13. The summed E-state index contributed by atoms with van der Waals surface area (Å²) in [4.78, 5) is 0.348. The Balaban J connectivity index is 2.99. The molecule has 0 saturated heterocycles. The second-order valence-electron chi connectivity index (χ2n) is 5.06. The Morgan fingerprint density at radius 1 is 1.22 bits per heavy atom. The molecule has 1 aromatic rings. The van der Waals surface area contributed by atoms with Crippen LogP contribution in [0.25, 0.3) is 0 Å². The van der Waals surface area contributed by atoms with Crippen molar-refractivity contribution in [1.82, 2.24) is 4.72 Å². The molecule has 3 N–H and O–H groups in total. The molecule has 0 atom stereocenters. The number of hydrogen-bond acceptors (Lipinski definition) is 3. The third-order valence-corrected chi connectivity index (χ3v) is 4.53. The second kappa shape index (κ2) is 5.71. The van der Waals surface area contributed by atoms with Gasteiger partial charge in [0.05, 0.1) is 4.90 Å². The standard InChI is InChI=1S/C13H22N2O2S/c1-9(2)5-6-15-18(16,17)13-10(3)7-12(14)8-11(13)4/h7-9,15H,5-6,14H2,1-4H3. The highest BCUT2D eigenvalue weighted by Gasteiger charge is 2.19. The van der Waals surface area contributed by atoms with Crippen molar-refractivity contribution >= 4 is 15.7 Å². The van der Waals surface area contributed by atoms with Gasteiger partial charge < -0.3 is 5.73 Å². The van der Waals surface area contributed by atoms with Crippen molar-refractivity contribution in [3.63, 3.8) is 0 Å². The molecule has 102 valence electrons. The Hall–Kier alpha value is -1.07. The van der Waals surface area contributed by atoms with E-state index in [0.717, 1.165) is 6.42 Å². The molecule has 0 heterocycles. The molecule has 0 aliphatic rings. The summed E-state index contributed by atoms with van der Waals surface area (Å²) >= 11 is 0. The van der Waals surface area contributed by atoms with Crippen LogP contribution in [-0.2, 0) is 10.0 Å². The van der Waals surface area contributed by atoms with Gasteiger partial charge >= 0.3 is 0 Å². The van der Waals surface area contributed by atoms with E-state index in [1.165, 1.54) is 0 Å². The molecule has 4 nitrogen and oxygen atoms in total. The summed E-state index contributed by atoms with van der Waals surface area (Å²) < 4.78 is 27.1. The predicted molar refractivity (Wildman–Crippen MR) is 75.0 cm³/mol. The van der Waals surface area contributed by atoms with E-state index in [1.807, 2.05) is 0 Å². The number of nitrogens with two attached hydrogens (primary N) is 1. The molecule has 0 unspecified atom stereocenters.